The first-order valence-corrected chi connectivity index (χ1v) is 11.4. The van der Waals surface area contributed by atoms with Crippen LogP contribution in [0.3, 0.4) is 0 Å². The van der Waals surface area contributed by atoms with Crippen LogP contribution in [0.2, 0.25) is 0 Å². The summed E-state index contributed by atoms with van der Waals surface area (Å²) in [5.74, 6) is 0.690. The van der Waals surface area contributed by atoms with Crippen LogP contribution in [0.4, 0.5) is 0 Å². The van der Waals surface area contributed by atoms with Crippen molar-refractivity contribution in [3.63, 3.8) is 0 Å². The van der Waals surface area contributed by atoms with Gasteiger partial charge in [0.25, 0.3) is 0 Å². The topological polar surface area (TPSA) is 98.3 Å². The number of pyridine rings is 1. The SMILES string of the molecule is Cc1cc(-c2csc(=NCC3CCCO3)n2/N=C/c2cccnc2)c(C)n1-c1ncn[nH]1. The summed E-state index contributed by atoms with van der Waals surface area (Å²) in [6.07, 6.45) is 9.20. The molecule has 4 aromatic heterocycles. The van der Waals surface area contributed by atoms with Crippen LogP contribution in [0, 0.1) is 13.8 Å². The maximum absolute atomic E-state index is 5.75. The smallest absolute Gasteiger partial charge is 0.229 e. The van der Waals surface area contributed by atoms with Crippen molar-refractivity contribution in [3.05, 3.63) is 64.1 Å². The number of nitrogens with zero attached hydrogens (tertiary/aromatic N) is 7. The molecule has 1 saturated heterocycles. The summed E-state index contributed by atoms with van der Waals surface area (Å²) in [5, 5.41) is 13.8. The minimum absolute atomic E-state index is 0.188. The predicted molar refractivity (Wildman–Crippen MR) is 123 cm³/mol. The lowest BCUT2D eigenvalue weighted by Crippen LogP contribution is -2.17. The van der Waals surface area contributed by atoms with Gasteiger partial charge in [-0.25, -0.2) is 9.77 Å². The van der Waals surface area contributed by atoms with Gasteiger partial charge in [0.1, 0.15) is 6.33 Å². The number of hydrogen-bond donors (Lipinski definition) is 1. The monoisotopic (exact) mass is 448 g/mol. The van der Waals surface area contributed by atoms with Gasteiger partial charge in [0.15, 0.2) is 0 Å². The molecule has 5 heterocycles. The van der Waals surface area contributed by atoms with E-state index in [0.717, 1.165) is 52.5 Å². The van der Waals surface area contributed by atoms with E-state index in [2.05, 4.69) is 50.0 Å². The van der Waals surface area contributed by atoms with Gasteiger partial charge in [-0.3, -0.25) is 14.5 Å². The zero-order chi connectivity index (χ0) is 21.9. The minimum atomic E-state index is 0.188. The van der Waals surface area contributed by atoms with Crippen molar-refractivity contribution in [2.45, 2.75) is 32.8 Å². The zero-order valence-electron chi connectivity index (χ0n) is 18.0. The van der Waals surface area contributed by atoms with E-state index in [1.54, 1.807) is 23.7 Å². The van der Waals surface area contributed by atoms with Crippen LogP contribution >= 0.6 is 11.3 Å². The first-order valence-electron chi connectivity index (χ1n) is 10.5. The molecule has 32 heavy (non-hydrogen) atoms. The van der Waals surface area contributed by atoms with Crippen molar-refractivity contribution in [2.75, 3.05) is 13.2 Å². The Balaban J connectivity index is 1.59. The number of rotatable bonds is 6. The Hall–Kier alpha value is -3.37. The van der Waals surface area contributed by atoms with Gasteiger partial charge in [-0.15, -0.1) is 11.3 Å². The fourth-order valence-corrected chi connectivity index (χ4v) is 4.74. The maximum Gasteiger partial charge on any atom is 0.229 e. The predicted octanol–water partition coefficient (Wildman–Crippen LogP) is 3.10. The normalized spacial score (nSPS) is 17.1. The highest BCUT2D eigenvalue weighted by Gasteiger charge is 2.19. The lowest BCUT2D eigenvalue weighted by Gasteiger charge is -2.07. The third-order valence-electron chi connectivity index (χ3n) is 5.47. The molecule has 0 saturated carbocycles. The van der Waals surface area contributed by atoms with E-state index in [-0.39, 0.29) is 6.10 Å². The molecule has 0 amide bonds. The van der Waals surface area contributed by atoms with Crippen molar-refractivity contribution in [2.24, 2.45) is 10.1 Å². The molecule has 0 bridgehead atoms. The largest absolute Gasteiger partial charge is 0.376 e. The highest BCUT2D eigenvalue weighted by atomic mass is 32.1. The van der Waals surface area contributed by atoms with Gasteiger partial charge in [0, 0.05) is 46.9 Å². The van der Waals surface area contributed by atoms with Crippen molar-refractivity contribution in [3.8, 4) is 17.2 Å². The molecule has 1 atom stereocenters. The van der Waals surface area contributed by atoms with Gasteiger partial charge in [-0.1, -0.05) is 6.07 Å². The molecule has 1 aliphatic rings. The number of aromatic amines is 1. The highest BCUT2D eigenvalue weighted by molar-refractivity contribution is 7.07. The second-order valence-electron chi connectivity index (χ2n) is 7.65. The Labute approximate surface area is 189 Å². The van der Waals surface area contributed by atoms with Crippen molar-refractivity contribution in [1.29, 1.82) is 0 Å². The van der Waals surface area contributed by atoms with Crippen LogP contribution in [-0.2, 0) is 4.74 Å². The molecule has 0 aromatic carbocycles. The number of hydrogen-bond acceptors (Lipinski definition) is 7. The van der Waals surface area contributed by atoms with E-state index in [1.165, 1.54) is 6.33 Å². The van der Waals surface area contributed by atoms with Gasteiger partial charge in [-0.05, 0) is 38.8 Å². The van der Waals surface area contributed by atoms with E-state index < -0.39 is 0 Å². The molecule has 10 heteroatoms. The van der Waals surface area contributed by atoms with Crippen LogP contribution in [0.1, 0.15) is 29.8 Å². The number of ether oxygens (including phenoxy) is 1. The summed E-state index contributed by atoms with van der Waals surface area (Å²) in [4.78, 5) is 14.2. The van der Waals surface area contributed by atoms with E-state index in [9.17, 15) is 0 Å². The Morgan fingerprint density at radius 2 is 2.31 bits per heavy atom. The minimum Gasteiger partial charge on any atom is -0.376 e. The van der Waals surface area contributed by atoms with Crippen molar-refractivity contribution >= 4 is 17.6 Å². The average Bonchev–Trinajstić information content (AvgIpc) is 3.60. The molecule has 0 aliphatic carbocycles. The van der Waals surface area contributed by atoms with Crippen LogP contribution < -0.4 is 4.80 Å². The third kappa shape index (κ3) is 4.06. The van der Waals surface area contributed by atoms with Crippen LogP contribution in [0.5, 0.6) is 0 Å². The van der Waals surface area contributed by atoms with Gasteiger partial charge in [0.2, 0.25) is 10.7 Å². The van der Waals surface area contributed by atoms with E-state index in [0.29, 0.717) is 12.5 Å². The number of aryl methyl sites for hydroxylation is 1. The zero-order valence-corrected chi connectivity index (χ0v) is 18.8. The molecule has 1 fully saturated rings. The molecule has 0 radical (unpaired) electrons. The van der Waals surface area contributed by atoms with Gasteiger partial charge < -0.3 is 4.74 Å². The molecule has 1 aliphatic heterocycles. The Kier molecular flexibility index (Phi) is 5.78. The van der Waals surface area contributed by atoms with Gasteiger partial charge >= 0.3 is 0 Å². The number of H-pyrrole nitrogens is 1. The second kappa shape index (κ2) is 9.01. The van der Waals surface area contributed by atoms with Crippen molar-refractivity contribution < 1.29 is 4.74 Å². The molecular formula is C22H24N8OS. The number of nitrogens with one attached hydrogen (secondary N) is 1. The molecule has 5 rings (SSSR count). The summed E-state index contributed by atoms with van der Waals surface area (Å²) in [7, 11) is 0. The molecule has 4 aromatic rings. The Bertz CT molecular complexity index is 1280. The van der Waals surface area contributed by atoms with Crippen LogP contribution in [0.15, 0.2) is 52.4 Å². The quantitative estimate of drug-likeness (QED) is 0.458. The number of thiazole rings is 1. The first-order chi connectivity index (χ1) is 15.7. The summed E-state index contributed by atoms with van der Waals surface area (Å²) in [6.45, 7) is 5.58. The lowest BCUT2D eigenvalue weighted by atomic mass is 10.2. The molecule has 164 valence electrons. The molecule has 1 unspecified atom stereocenters. The molecular weight excluding hydrogens is 424 g/mol. The fourth-order valence-electron chi connectivity index (χ4n) is 3.90. The first kappa shape index (κ1) is 20.5. The maximum atomic E-state index is 5.75. The highest BCUT2D eigenvalue weighted by Crippen LogP contribution is 2.29. The number of aromatic nitrogens is 6. The summed E-state index contributed by atoms with van der Waals surface area (Å²) in [6, 6.07) is 6.01. The van der Waals surface area contributed by atoms with Crippen LogP contribution in [0.25, 0.3) is 17.2 Å². The Morgan fingerprint density at radius 1 is 1.38 bits per heavy atom. The molecule has 1 N–H and O–H groups in total. The van der Waals surface area contributed by atoms with Gasteiger partial charge in [-0.2, -0.15) is 15.2 Å². The summed E-state index contributed by atoms with van der Waals surface area (Å²) in [5.41, 5.74) is 5.07. The average molecular weight is 449 g/mol. The summed E-state index contributed by atoms with van der Waals surface area (Å²) < 4.78 is 9.71. The summed E-state index contributed by atoms with van der Waals surface area (Å²) >= 11 is 1.58. The third-order valence-corrected chi connectivity index (χ3v) is 6.32. The van der Waals surface area contributed by atoms with E-state index in [4.69, 9.17) is 14.8 Å². The van der Waals surface area contributed by atoms with E-state index >= 15 is 0 Å². The lowest BCUT2D eigenvalue weighted by molar-refractivity contribution is 0.117. The van der Waals surface area contributed by atoms with Crippen LogP contribution in [-0.4, -0.2) is 54.9 Å². The van der Waals surface area contributed by atoms with Crippen molar-refractivity contribution in [1.82, 2.24) is 29.4 Å². The van der Waals surface area contributed by atoms with Gasteiger partial charge in [0.05, 0.1) is 24.6 Å². The molecule has 9 nitrogen and oxygen atoms in total. The molecule has 0 spiro atoms. The second-order valence-corrected chi connectivity index (χ2v) is 8.49. The van der Waals surface area contributed by atoms with E-state index in [1.807, 2.05) is 23.0 Å². The standard InChI is InChI=1S/C22H24N8OS/c1-15-9-19(16(2)29(15)21-25-14-26-28-21)20-13-32-22(24-12-18-6-4-8-31-18)30(20)27-11-17-5-3-7-23-10-17/h3,5,7,9-11,13-14,18H,4,6,8,12H2,1-2H3,(H,25,26,28)/b24-22?,27-11+. The Morgan fingerprint density at radius 3 is 3.06 bits per heavy atom. The fraction of sp³-hybridized carbons (Fsp3) is 0.318.